The molecule has 0 aliphatic heterocycles. The summed E-state index contributed by atoms with van der Waals surface area (Å²) in [6, 6.07) is 0. The topological polar surface area (TPSA) is 125 Å². The second-order valence-electron chi connectivity index (χ2n) is 2.61. The summed E-state index contributed by atoms with van der Waals surface area (Å²) in [5.74, 6) is -2.58. The van der Waals surface area contributed by atoms with E-state index < -0.39 is 24.0 Å². The van der Waals surface area contributed by atoms with Crippen LogP contribution in [0.4, 0.5) is 0 Å². The first kappa shape index (κ1) is 12.8. The lowest BCUT2D eigenvalue weighted by molar-refractivity contribution is -0.161. The second-order valence-corrected chi connectivity index (χ2v) is 2.61. The van der Waals surface area contributed by atoms with Gasteiger partial charge in [-0.15, -0.1) is 0 Å². The van der Waals surface area contributed by atoms with Gasteiger partial charge in [0.1, 0.15) is 6.61 Å². The van der Waals surface area contributed by atoms with Gasteiger partial charge >= 0.3 is 11.9 Å². The molecule has 7 heteroatoms. The molecule has 0 saturated carbocycles. The highest BCUT2D eigenvalue weighted by Gasteiger charge is 2.42. The average molecular weight is 206 g/mol. The molecule has 7 nitrogen and oxygen atoms in total. The van der Waals surface area contributed by atoms with E-state index in [-0.39, 0.29) is 13.2 Å². The molecular formula is C7H14N2O5. The van der Waals surface area contributed by atoms with Crippen LogP contribution < -0.4 is 11.5 Å². The fraction of sp³-hybridized carbons (Fsp3) is 0.714. The molecule has 1 atom stereocenters. The monoisotopic (exact) mass is 206 g/mol. The highest BCUT2D eigenvalue weighted by molar-refractivity contribution is 6.04. The summed E-state index contributed by atoms with van der Waals surface area (Å²) in [5, 5.41) is 8.62. The van der Waals surface area contributed by atoms with Crippen LogP contribution in [0.5, 0.6) is 0 Å². The Morgan fingerprint density at radius 2 is 2.00 bits per heavy atom. The van der Waals surface area contributed by atoms with Gasteiger partial charge in [0.2, 0.25) is 5.54 Å². The summed E-state index contributed by atoms with van der Waals surface area (Å²) in [5.41, 5.74) is 8.13. The van der Waals surface area contributed by atoms with E-state index in [0.717, 1.165) is 0 Å². The minimum Gasteiger partial charge on any atom is -0.479 e. The molecule has 0 spiro atoms. The molecule has 0 radical (unpaired) electrons. The first-order valence-electron chi connectivity index (χ1n) is 3.87. The first-order valence-corrected chi connectivity index (χ1v) is 3.87. The van der Waals surface area contributed by atoms with Crippen LogP contribution in [0.1, 0.15) is 0 Å². The van der Waals surface area contributed by atoms with E-state index in [1.807, 2.05) is 0 Å². The molecule has 0 rings (SSSR count). The summed E-state index contributed by atoms with van der Waals surface area (Å²) in [4.78, 5) is 21.7. The van der Waals surface area contributed by atoms with Crippen molar-refractivity contribution < 1.29 is 24.2 Å². The number of nitrogens with two attached hydrogens (primary N) is 2. The number of rotatable bonds is 6. The summed E-state index contributed by atoms with van der Waals surface area (Å²) in [6.07, 6.45) is 0. The molecule has 0 aromatic heterocycles. The SMILES string of the molecule is COCCOC(=O)C(N)(CN)C(=O)O. The number of methoxy groups -OCH3 is 1. The molecule has 1 unspecified atom stereocenters. The van der Waals surface area contributed by atoms with Crippen molar-refractivity contribution in [2.45, 2.75) is 5.54 Å². The van der Waals surface area contributed by atoms with Crippen LogP contribution in [0.15, 0.2) is 0 Å². The lowest BCUT2D eigenvalue weighted by Gasteiger charge is -2.20. The molecule has 0 aromatic carbocycles. The molecule has 82 valence electrons. The average Bonchev–Trinajstić information content (AvgIpc) is 2.16. The first-order chi connectivity index (χ1) is 6.49. The van der Waals surface area contributed by atoms with Crippen LogP contribution in [0.25, 0.3) is 0 Å². The zero-order chi connectivity index (χ0) is 11.2. The number of carboxylic acids is 1. The molecule has 0 saturated heterocycles. The molecule has 14 heavy (non-hydrogen) atoms. The van der Waals surface area contributed by atoms with E-state index in [0.29, 0.717) is 0 Å². The van der Waals surface area contributed by atoms with E-state index >= 15 is 0 Å². The van der Waals surface area contributed by atoms with Crippen molar-refractivity contribution in [3.63, 3.8) is 0 Å². The van der Waals surface area contributed by atoms with Crippen molar-refractivity contribution in [1.82, 2.24) is 0 Å². The normalized spacial score (nSPS) is 14.5. The number of hydrogen-bond donors (Lipinski definition) is 3. The van der Waals surface area contributed by atoms with E-state index in [9.17, 15) is 9.59 Å². The lowest BCUT2D eigenvalue weighted by atomic mass is 10.0. The quantitative estimate of drug-likeness (QED) is 0.258. The van der Waals surface area contributed by atoms with Crippen molar-refractivity contribution in [1.29, 1.82) is 0 Å². The van der Waals surface area contributed by atoms with E-state index in [1.54, 1.807) is 0 Å². The molecule has 0 bridgehead atoms. The van der Waals surface area contributed by atoms with Gasteiger partial charge in [-0.2, -0.15) is 0 Å². The van der Waals surface area contributed by atoms with Crippen LogP contribution in [0, 0.1) is 0 Å². The number of ether oxygens (including phenoxy) is 2. The van der Waals surface area contributed by atoms with E-state index in [2.05, 4.69) is 9.47 Å². The van der Waals surface area contributed by atoms with Gasteiger partial charge in [-0.05, 0) is 0 Å². The van der Waals surface area contributed by atoms with Gasteiger partial charge in [0.05, 0.1) is 6.61 Å². The van der Waals surface area contributed by atoms with Crippen LogP contribution in [0.2, 0.25) is 0 Å². The number of hydrogen-bond acceptors (Lipinski definition) is 6. The third-order valence-corrected chi connectivity index (χ3v) is 1.59. The van der Waals surface area contributed by atoms with Crippen molar-refractivity contribution >= 4 is 11.9 Å². The number of carbonyl (C=O) groups excluding carboxylic acids is 1. The van der Waals surface area contributed by atoms with Crippen LogP contribution in [0.3, 0.4) is 0 Å². The summed E-state index contributed by atoms with van der Waals surface area (Å²) < 4.78 is 9.15. The Bertz CT molecular complexity index is 220. The third kappa shape index (κ3) is 2.95. The van der Waals surface area contributed by atoms with Crippen molar-refractivity contribution in [3.05, 3.63) is 0 Å². The Morgan fingerprint density at radius 1 is 1.43 bits per heavy atom. The van der Waals surface area contributed by atoms with Gasteiger partial charge in [-0.1, -0.05) is 0 Å². The van der Waals surface area contributed by atoms with E-state index in [4.69, 9.17) is 16.6 Å². The van der Waals surface area contributed by atoms with Crippen LogP contribution in [-0.4, -0.2) is 49.5 Å². The third-order valence-electron chi connectivity index (χ3n) is 1.59. The summed E-state index contributed by atoms with van der Waals surface area (Å²) >= 11 is 0. The molecule has 0 aromatic rings. The molecular weight excluding hydrogens is 192 g/mol. The van der Waals surface area contributed by atoms with Gasteiger partial charge in [0.15, 0.2) is 0 Å². The zero-order valence-electron chi connectivity index (χ0n) is 7.86. The molecule has 0 aliphatic carbocycles. The largest absolute Gasteiger partial charge is 0.479 e. The number of carboxylic acid groups (broad SMARTS) is 1. The Labute approximate surface area is 81.0 Å². The smallest absolute Gasteiger partial charge is 0.339 e. The molecule has 5 N–H and O–H groups in total. The molecule has 0 fully saturated rings. The minimum absolute atomic E-state index is 0.0540. The fourth-order valence-electron chi connectivity index (χ4n) is 0.604. The maximum Gasteiger partial charge on any atom is 0.339 e. The Morgan fingerprint density at radius 3 is 2.36 bits per heavy atom. The fourth-order valence-corrected chi connectivity index (χ4v) is 0.604. The van der Waals surface area contributed by atoms with Crippen molar-refractivity contribution in [2.75, 3.05) is 26.9 Å². The van der Waals surface area contributed by atoms with Gasteiger partial charge < -0.3 is 26.0 Å². The van der Waals surface area contributed by atoms with Gasteiger partial charge in [0, 0.05) is 13.7 Å². The Hall–Kier alpha value is -1.18. The minimum atomic E-state index is -2.17. The van der Waals surface area contributed by atoms with Gasteiger partial charge in [0.25, 0.3) is 0 Å². The summed E-state index contributed by atoms with van der Waals surface area (Å²) in [6.45, 7) is -0.401. The van der Waals surface area contributed by atoms with Crippen LogP contribution in [-0.2, 0) is 19.1 Å². The summed E-state index contributed by atoms with van der Waals surface area (Å²) in [7, 11) is 1.42. The highest BCUT2D eigenvalue weighted by Crippen LogP contribution is 2.01. The van der Waals surface area contributed by atoms with Gasteiger partial charge in [-0.25, -0.2) is 9.59 Å². The predicted octanol–water partition coefficient (Wildman–Crippen LogP) is -2.08. The van der Waals surface area contributed by atoms with E-state index in [1.165, 1.54) is 7.11 Å². The zero-order valence-corrected chi connectivity index (χ0v) is 7.86. The Balaban J connectivity index is 4.25. The molecule has 0 aliphatic rings. The number of esters is 1. The highest BCUT2D eigenvalue weighted by atomic mass is 16.6. The predicted molar refractivity (Wildman–Crippen MR) is 46.4 cm³/mol. The maximum atomic E-state index is 11.1. The number of carbonyl (C=O) groups is 2. The standard InChI is InChI=1S/C7H14N2O5/c1-13-2-3-14-6(12)7(9,4-8)5(10)11/h2-4,8-9H2,1H3,(H,10,11). The lowest BCUT2D eigenvalue weighted by Crippen LogP contribution is -2.60. The molecule has 0 amide bonds. The second kappa shape index (κ2) is 5.53. The Kier molecular flexibility index (Phi) is 5.06. The van der Waals surface area contributed by atoms with Crippen molar-refractivity contribution in [3.8, 4) is 0 Å². The van der Waals surface area contributed by atoms with Crippen LogP contribution >= 0.6 is 0 Å². The molecule has 0 heterocycles. The van der Waals surface area contributed by atoms with Crippen molar-refractivity contribution in [2.24, 2.45) is 11.5 Å². The maximum absolute atomic E-state index is 11.1. The van der Waals surface area contributed by atoms with Gasteiger partial charge in [-0.3, -0.25) is 0 Å². The number of aliphatic carboxylic acids is 1.